The normalized spacial score (nSPS) is 11.8. The van der Waals surface area contributed by atoms with Gasteiger partial charge >= 0.3 is 11.9 Å². The van der Waals surface area contributed by atoms with Crippen molar-refractivity contribution in [2.75, 3.05) is 6.61 Å². The van der Waals surface area contributed by atoms with Crippen LogP contribution in [0.3, 0.4) is 0 Å². The minimum Gasteiger partial charge on any atom is -0.459 e. The van der Waals surface area contributed by atoms with Crippen LogP contribution in [-0.4, -0.2) is 24.6 Å². The molecule has 0 fully saturated rings. The van der Waals surface area contributed by atoms with Crippen molar-refractivity contribution in [2.45, 2.75) is 97.0 Å². The average Bonchev–Trinajstić information content (AvgIpc) is 2.72. The third-order valence-electron chi connectivity index (χ3n) is 4.82. The zero-order valence-electron chi connectivity index (χ0n) is 17.8. The molecule has 28 heavy (non-hydrogen) atoms. The van der Waals surface area contributed by atoms with E-state index in [0.29, 0.717) is 12.0 Å². The van der Waals surface area contributed by atoms with Crippen LogP contribution >= 0.6 is 0 Å². The van der Waals surface area contributed by atoms with Crippen LogP contribution in [0.15, 0.2) is 30.3 Å². The third kappa shape index (κ3) is 11.8. The van der Waals surface area contributed by atoms with Crippen molar-refractivity contribution in [3.8, 4) is 0 Å². The van der Waals surface area contributed by atoms with Gasteiger partial charge in [0, 0.05) is 6.42 Å². The number of ether oxygens (including phenoxy) is 2. The quantitative estimate of drug-likeness (QED) is 0.239. The van der Waals surface area contributed by atoms with Gasteiger partial charge in [-0.3, -0.25) is 4.79 Å². The van der Waals surface area contributed by atoms with Gasteiger partial charge < -0.3 is 9.47 Å². The van der Waals surface area contributed by atoms with Crippen molar-refractivity contribution >= 4 is 11.9 Å². The summed E-state index contributed by atoms with van der Waals surface area (Å²) in [5.74, 6) is -0.562. The maximum Gasteiger partial charge on any atom is 0.338 e. The first kappa shape index (κ1) is 24.2. The molecule has 4 heteroatoms. The van der Waals surface area contributed by atoms with Gasteiger partial charge in [0.1, 0.15) is 12.7 Å². The molecule has 0 bridgehead atoms. The fourth-order valence-corrected chi connectivity index (χ4v) is 3.07. The SMILES string of the molecule is CCCCCCCCCCC(COC(=O)c1ccccc1)OC(=O)CCCC. The van der Waals surface area contributed by atoms with Gasteiger partial charge in [-0.05, 0) is 31.4 Å². The smallest absolute Gasteiger partial charge is 0.338 e. The topological polar surface area (TPSA) is 52.6 Å². The van der Waals surface area contributed by atoms with Gasteiger partial charge in [-0.25, -0.2) is 4.79 Å². The molecule has 1 aromatic carbocycles. The van der Waals surface area contributed by atoms with Gasteiger partial charge in [0.05, 0.1) is 5.56 Å². The van der Waals surface area contributed by atoms with Crippen molar-refractivity contribution in [2.24, 2.45) is 0 Å². The lowest BCUT2D eigenvalue weighted by Gasteiger charge is -2.18. The van der Waals surface area contributed by atoms with Crippen LogP contribution < -0.4 is 0 Å². The van der Waals surface area contributed by atoms with Crippen LogP contribution in [0.25, 0.3) is 0 Å². The van der Waals surface area contributed by atoms with Crippen molar-refractivity contribution in [3.63, 3.8) is 0 Å². The summed E-state index contributed by atoms with van der Waals surface area (Å²) >= 11 is 0. The molecule has 0 heterocycles. The predicted molar refractivity (Wildman–Crippen MR) is 113 cm³/mol. The monoisotopic (exact) mass is 390 g/mol. The summed E-state index contributed by atoms with van der Waals surface area (Å²) in [5.41, 5.74) is 0.519. The molecule has 0 aliphatic carbocycles. The number of unbranched alkanes of at least 4 members (excludes halogenated alkanes) is 8. The zero-order valence-corrected chi connectivity index (χ0v) is 17.8. The van der Waals surface area contributed by atoms with Gasteiger partial charge in [-0.1, -0.05) is 83.4 Å². The van der Waals surface area contributed by atoms with E-state index >= 15 is 0 Å². The highest BCUT2D eigenvalue weighted by molar-refractivity contribution is 5.89. The summed E-state index contributed by atoms with van der Waals surface area (Å²) < 4.78 is 11.0. The second-order valence-corrected chi connectivity index (χ2v) is 7.44. The average molecular weight is 391 g/mol. The molecule has 1 atom stereocenters. The molecule has 0 amide bonds. The highest BCUT2D eigenvalue weighted by Gasteiger charge is 2.17. The summed E-state index contributed by atoms with van der Waals surface area (Å²) in [7, 11) is 0. The van der Waals surface area contributed by atoms with Gasteiger partial charge in [0.2, 0.25) is 0 Å². The number of hydrogen-bond donors (Lipinski definition) is 0. The van der Waals surface area contributed by atoms with E-state index in [2.05, 4.69) is 6.92 Å². The Kier molecular flexibility index (Phi) is 14.0. The third-order valence-corrected chi connectivity index (χ3v) is 4.82. The van der Waals surface area contributed by atoms with Gasteiger partial charge in [-0.2, -0.15) is 0 Å². The Balaban J connectivity index is 2.36. The molecule has 0 radical (unpaired) electrons. The Morgan fingerprint density at radius 3 is 2.07 bits per heavy atom. The summed E-state index contributed by atoms with van der Waals surface area (Å²) in [6.07, 6.45) is 12.4. The molecule has 1 rings (SSSR count). The Morgan fingerprint density at radius 2 is 1.43 bits per heavy atom. The maximum atomic E-state index is 12.1. The minimum atomic E-state index is -0.369. The molecule has 0 N–H and O–H groups in total. The lowest BCUT2D eigenvalue weighted by Crippen LogP contribution is -2.25. The number of carbonyl (C=O) groups excluding carboxylic acids is 2. The molecule has 0 aliphatic rings. The largest absolute Gasteiger partial charge is 0.459 e. The van der Waals surface area contributed by atoms with E-state index in [1.54, 1.807) is 24.3 Å². The summed E-state index contributed by atoms with van der Waals surface area (Å²) in [6, 6.07) is 8.92. The van der Waals surface area contributed by atoms with Gasteiger partial charge in [0.25, 0.3) is 0 Å². The highest BCUT2D eigenvalue weighted by Crippen LogP contribution is 2.14. The van der Waals surface area contributed by atoms with Crippen LogP contribution in [0, 0.1) is 0 Å². The molecular weight excluding hydrogens is 352 g/mol. The first-order valence-electron chi connectivity index (χ1n) is 11.1. The van der Waals surface area contributed by atoms with Crippen molar-refractivity contribution in [1.29, 1.82) is 0 Å². The second-order valence-electron chi connectivity index (χ2n) is 7.44. The molecule has 0 aliphatic heterocycles. The Bertz CT molecular complexity index is 527. The molecule has 4 nitrogen and oxygen atoms in total. The first-order valence-corrected chi connectivity index (χ1v) is 11.1. The molecular formula is C24H38O4. The number of esters is 2. The van der Waals surface area contributed by atoms with Crippen LogP contribution in [0.4, 0.5) is 0 Å². The first-order chi connectivity index (χ1) is 13.7. The molecule has 1 aromatic rings. The second kappa shape index (κ2) is 16.1. The molecule has 0 saturated heterocycles. The van der Waals surface area contributed by atoms with Crippen molar-refractivity contribution < 1.29 is 19.1 Å². The van der Waals surface area contributed by atoms with E-state index in [1.165, 1.54) is 38.5 Å². The standard InChI is InChI=1S/C24H38O4/c1-3-5-7-8-9-10-11-15-18-22(28-23(25)19-6-4-2)20-27-24(26)21-16-13-12-14-17-21/h12-14,16-17,22H,3-11,15,18-20H2,1-2H3. The van der Waals surface area contributed by atoms with E-state index in [0.717, 1.165) is 32.1 Å². The molecule has 0 spiro atoms. The predicted octanol–water partition coefficient (Wildman–Crippen LogP) is 6.48. The highest BCUT2D eigenvalue weighted by atomic mass is 16.6. The fourth-order valence-electron chi connectivity index (χ4n) is 3.07. The number of hydrogen-bond acceptors (Lipinski definition) is 4. The van der Waals surface area contributed by atoms with E-state index in [4.69, 9.17) is 9.47 Å². The Hall–Kier alpha value is -1.84. The maximum absolute atomic E-state index is 12.1. The minimum absolute atomic E-state index is 0.127. The van der Waals surface area contributed by atoms with E-state index in [-0.39, 0.29) is 24.6 Å². The number of carbonyl (C=O) groups is 2. The van der Waals surface area contributed by atoms with Crippen LogP contribution in [0.1, 0.15) is 101 Å². The van der Waals surface area contributed by atoms with E-state index < -0.39 is 0 Å². The summed E-state index contributed by atoms with van der Waals surface area (Å²) in [5, 5.41) is 0. The lowest BCUT2D eigenvalue weighted by atomic mass is 10.1. The molecule has 158 valence electrons. The zero-order chi connectivity index (χ0) is 20.5. The molecule has 1 unspecified atom stereocenters. The van der Waals surface area contributed by atoms with Crippen LogP contribution in [-0.2, 0) is 14.3 Å². The Morgan fingerprint density at radius 1 is 0.821 bits per heavy atom. The van der Waals surface area contributed by atoms with Gasteiger partial charge in [-0.15, -0.1) is 0 Å². The number of rotatable bonds is 16. The van der Waals surface area contributed by atoms with E-state index in [1.807, 2.05) is 13.0 Å². The van der Waals surface area contributed by atoms with Crippen molar-refractivity contribution in [1.82, 2.24) is 0 Å². The van der Waals surface area contributed by atoms with Crippen LogP contribution in [0.2, 0.25) is 0 Å². The van der Waals surface area contributed by atoms with Crippen molar-refractivity contribution in [3.05, 3.63) is 35.9 Å². The van der Waals surface area contributed by atoms with E-state index in [9.17, 15) is 9.59 Å². The fraction of sp³-hybridized carbons (Fsp3) is 0.667. The molecule has 0 saturated carbocycles. The van der Waals surface area contributed by atoms with Crippen LogP contribution in [0.5, 0.6) is 0 Å². The number of benzene rings is 1. The Labute approximate surface area is 171 Å². The lowest BCUT2D eigenvalue weighted by molar-refractivity contribution is -0.151. The van der Waals surface area contributed by atoms with Gasteiger partial charge in [0.15, 0.2) is 0 Å². The summed E-state index contributed by atoms with van der Waals surface area (Å²) in [4.78, 5) is 24.1. The summed E-state index contributed by atoms with van der Waals surface area (Å²) in [6.45, 7) is 4.40. The molecule has 0 aromatic heterocycles.